The van der Waals surface area contributed by atoms with Crippen LogP contribution >= 0.6 is 0 Å². The van der Waals surface area contributed by atoms with Gasteiger partial charge in [0.25, 0.3) is 5.56 Å². The number of nitrogen functional groups attached to an aromatic ring is 1. The third kappa shape index (κ3) is 2.68. The Kier molecular flexibility index (Phi) is 3.61. The van der Waals surface area contributed by atoms with Gasteiger partial charge in [-0.15, -0.1) is 0 Å². The highest BCUT2D eigenvalue weighted by molar-refractivity contribution is 5.31. The van der Waals surface area contributed by atoms with E-state index in [2.05, 4.69) is 15.4 Å². The van der Waals surface area contributed by atoms with Crippen molar-refractivity contribution in [3.05, 3.63) is 35.1 Å². The van der Waals surface area contributed by atoms with Crippen molar-refractivity contribution in [1.29, 1.82) is 0 Å². The molecule has 7 heteroatoms. The van der Waals surface area contributed by atoms with Crippen molar-refractivity contribution >= 4 is 11.5 Å². The average molecular weight is 248 g/mol. The first kappa shape index (κ1) is 12.2. The second kappa shape index (κ2) is 5.35. The van der Waals surface area contributed by atoms with Crippen molar-refractivity contribution in [1.82, 2.24) is 19.3 Å². The smallest absolute Gasteiger partial charge is 0.293 e. The van der Waals surface area contributed by atoms with Crippen molar-refractivity contribution in [3.63, 3.8) is 0 Å². The molecule has 0 aromatic carbocycles. The zero-order chi connectivity index (χ0) is 13.0. The summed E-state index contributed by atoms with van der Waals surface area (Å²) in [5.74, 6) is 0.361. The van der Waals surface area contributed by atoms with Gasteiger partial charge < -0.3 is 15.6 Å². The molecule has 2 aromatic heterocycles. The fourth-order valence-electron chi connectivity index (χ4n) is 1.61. The minimum atomic E-state index is -0.111. The lowest BCUT2D eigenvalue weighted by Gasteiger charge is -2.07. The molecule has 0 fully saturated rings. The van der Waals surface area contributed by atoms with Gasteiger partial charge in [0.05, 0.1) is 18.4 Å². The molecule has 0 radical (unpaired) electrons. The van der Waals surface area contributed by atoms with Crippen LogP contribution in [0.15, 0.2) is 29.6 Å². The topological polar surface area (TPSA) is 90.8 Å². The van der Waals surface area contributed by atoms with E-state index in [0.29, 0.717) is 31.1 Å². The Balaban J connectivity index is 1.96. The highest BCUT2D eigenvalue weighted by atomic mass is 16.1. The predicted octanol–water partition coefficient (Wildman–Crippen LogP) is 0.154. The van der Waals surface area contributed by atoms with Crippen molar-refractivity contribution < 1.29 is 0 Å². The maximum atomic E-state index is 11.8. The number of aromatic nitrogens is 4. The Bertz CT molecular complexity index is 573. The number of hydrogen-bond acceptors (Lipinski definition) is 5. The average Bonchev–Trinajstić information content (AvgIpc) is 2.77. The van der Waals surface area contributed by atoms with Crippen LogP contribution in [-0.4, -0.2) is 25.9 Å². The van der Waals surface area contributed by atoms with Crippen LogP contribution in [0.5, 0.6) is 0 Å². The van der Waals surface area contributed by atoms with Crippen LogP contribution in [-0.2, 0) is 13.1 Å². The summed E-state index contributed by atoms with van der Waals surface area (Å²) in [6, 6.07) is 0. The van der Waals surface area contributed by atoms with Gasteiger partial charge in [-0.1, -0.05) is 0 Å². The SMILES string of the molecule is CCn1ccnc(NCCn2cc(N)cn2)c1=O. The molecule has 18 heavy (non-hydrogen) atoms. The molecular weight excluding hydrogens is 232 g/mol. The highest BCUT2D eigenvalue weighted by Gasteiger charge is 2.02. The molecule has 0 saturated heterocycles. The Morgan fingerprint density at radius 1 is 1.50 bits per heavy atom. The number of nitrogens with two attached hydrogens (primary N) is 1. The molecule has 3 N–H and O–H groups in total. The van der Waals surface area contributed by atoms with E-state index < -0.39 is 0 Å². The monoisotopic (exact) mass is 248 g/mol. The van der Waals surface area contributed by atoms with Crippen LogP contribution in [0.4, 0.5) is 11.5 Å². The van der Waals surface area contributed by atoms with Crippen LogP contribution in [0.1, 0.15) is 6.92 Å². The lowest BCUT2D eigenvalue weighted by Crippen LogP contribution is -2.25. The zero-order valence-electron chi connectivity index (χ0n) is 10.2. The second-order valence-electron chi connectivity index (χ2n) is 3.83. The van der Waals surface area contributed by atoms with E-state index in [9.17, 15) is 4.79 Å². The van der Waals surface area contributed by atoms with E-state index in [1.165, 1.54) is 0 Å². The van der Waals surface area contributed by atoms with Crippen LogP contribution in [0.25, 0.3) is 0 Å². The molecule has 2 aromatic rings. The first-order chi connectivity index (χ1) is 8.70. The van der Waals surface area contributed by atoms with E-state index in [4.69, 9.17) is 5.73 Å². The number of anilines is 2. The number of nitrogens with zero attached hydrogens (tertiary/aromatic N) is 4. The lowest BCUT2D eigenvalue weighted by molar-refractivity contribution is 0.635. The minimum Gasteiger partial charge on any atom is -0.396 e. The van der Waals surface area contributed by atoms with Crippen LogP contribution in [0, 0.1) is 0 Å². The zero-order valence-corrected chi connectivity index (χ0v) is 10.2. The summed E-state index contributed by atoms with van der Waals surface area (Å²) in [4.78, 5) is 15.9. The first-order valence-corrected chi connectivity index (χ1v) is 5.78. The molecule has 0 aliphatic rings. The van der Waals surface area contributed by atoms with Gasteiger partial charge >= 0.3 is 0 Å². The van der Waals surface area contributed by atoms with Gasteiger partial charge in [-0.2, -0.15) is 5.10 Å². The molecule has 0 aliphatic carbocycles. The maximum Gasteiger partial charge on any atom is 0.293 e. The molecular formula is C11H16N6O. The fraction of sp³-hybridized carbons (Fsp3) is 0.364. The van der Waals surface area contributed by atoms with E-state index in [1.807, 2.05) is 6.92 Å². The summed E-state index contributed by atoms with van der Waals surface area (Å²) in [5, 5.41) is 7.05. The molecule has 7 nitrogen and oxygen atoms in total. The van der Waals surface area contributed by atoms with E-state index in [0.717, 1.165) is 0 Å². The summed E-state index contributed by atoms with van der Waals surface area (Å²) in [5.41, 5.74) is 6.07. The van der Waals surface area contributed by atoms with Gasteiger partial charge in [-0.05, 0) is 6.92 Å². The Morgan fingerprint density at radius 3 is 3.00 bits per heavy atom. The molecule has 96 valence electrons. The standard InChI is InChI=1S/C11H16N6O/c1-2-16-5-3-13-10(11(16)18)14-4-6-17-8-9(12)7-15-17/h3,5,7-8H,2,4,6,12H2,1H3,(H,13,14). The van der Waals surface area contributed by atoms with E-state index in [1.54, 1.807) is 34.0 Å². The fourth-order valence-corrected chi connectivity index (χ4v) is 1.61. The third-order valence-electron chi connectivity index (χ3n) is 2.54. The normalized spacial score (nSPS) is 10.5. The van der Waals surface area contributed by atoms with Crippen molar-refractivity contribution in [3.8, 4) is 0 Å². The Morgan fingerprint density at radius 2 is 2.33 bits per heavy atom. The number of rotatable bonds is 5. The molecule has 2 rings (SSSR count). The van der Waals surface area contributed by atoms with Gasteiger partial charge in [-0.3, -0.25) is 9.48 Å². The molecule has 0 unspecified atom stereocenters. The summed E-state index contributed by atoms with van der Waals surface area (Å²) in [6.07, 6.45) is 6.61. The molecule has 0 amide bonds. The number of nitrogens with one attached hydrogen (secondary N) is 1. The lowest BCUT2D eigenvalue weighted by atomic mass is 10.5. The molecule has 0 aliphatic heterocycles. The van der Waals surface area contributed by atoms with Gasteiger partial charge in [0.15, 0.2) is 5.82 Å². The molecule has 2 heterocycles. The van der Waals surface area contributed by atoms with Crippen molar-refractivity contribution in [2.24, 2.45) is 0 Å². The highest BCUT2D eigenvalue weighted by Crippen LogP contribution is 1.98. The van der Waals surface area contributed by atoms with Crippen molar-refractivity contribution in [2.45, 2.75) is 20.0 Å². The van der Waals surface area contributed by atoms with Gasteiger partial charge in [0.1, 0.15) is 0 Å². The van der Waals surface area contributed by atoms with E-state index in [-0.39, 0.29) is 5.56 Å². The third-order valence-corrected chi connectivity index (χ3v) is 2.54. The largest absolute Gasteiger partial charge is 0.396 e. The van der Waals surface area contributed by atoms with E-state index >= 15 is 0 Å². The molecule has 0 bridgehead atoms. The second-order valence-corrected chi connectivity index (χ2v) is 3.83. The summed E-state index contributed by atoms with van der Waals surface area (Å²) in [6.45, 7) is 3.74. The van der Waals surface area contributed by atoms with Crippen LogP contribution in [0.2, 0.25) is 0 Å². The first-order valence-electron chi connectivity index (χ1n) is 5.78. The number of aryl methyl sites for hydroxylation is 1. The summed E-state index contributed by atoms with van der Waals surface area (Å²) < 4.78 is 3.31. The predicted molar refractivity (Wildman–Crippen MR) is 69.3 cm³/mol. The van der Waals surface area contributed by atoms with Gasteiger partial charge in [0.2, 0.25) is 0 Å². The Labute approximate surface area is 104 Å². The molecule has 0 atom stereocenters. The maximum absolute atomic E-state index is 11.8. The summed E-state index contributed by atoms with van der Waals surface area (Å²) in [7, 11) is 0. The van der Waals surface area contributed by atoms with Gasteiger partial charge in [0, 0.05) is 31.7 Å². The molecule has 0 saturated carbocycles. The minimum absolute atomic E-state index is 0.111. The van der Waals surface area contributed by atoms with Crippen LogP contribution in [0.3, 0.4) is 0 Å². The quantitative estimate of drug-likeness (QED) is 0.786. The Hall–Kier alpha value is -2.31. The summed E-state index contributed by atoms with van der Waals surface area (Å²) >= 11 is 0. The van der Waals surface area contributed by atoms with Crippen LogP contribution < -0.4 is 16.6 Å². The van der Waals surface area contributed by atoms with Crippen molar-refractivity contribution in [2.75, 3.05) is 17.6 Å². The molecule has 0 spiro atoms. The van der Waals surface area contributed by atoms with Gasteiger partial charge in [-0.25, -0.2) is 4.98 Å². The number of hydrogen-bond donors (Lipinski definition) is 2.